The van der Waals surface area contributed by atoms with E-state index in [1.807, 2.05) is 24.3 Å². The first-order valence-corrected chi connectivity index (χ1v) is 9.67. The number of likely N-dealkylation sites (N-methyl/N-ethyl adjacent to an activating group) is 1. The van der Waals surface area contributed by atoms with Gasteiger partial charge in [0.15, 0.2) is 0 Å². The standard InChI is InChI=1S/C21H30N4O/c1-14(2)10-20(21(23)26)24(3)19-9-6-16-12-25(13-18(16)19)17-7-4-15(11-22)5-8-17/h4-5,7-8,14,16,18-20H,6,9-10,12-13H2,1-3H3,(H2,23,26)/t16-,18+,19+,20+/m1/s1. The van der Waals surface area contributed by atoms with Gasteiger partial charge in [0, 0.05) is 24.8 Å². The van der Waals surface area contributed by atoms with Crippen LogP contribution in [0.2, 0.25) is 0 Å². The number of carbonyl (C=O) groups excluding carboxylic acids is 1. The van der Waals surface area contributed by atoms with E-state index in [9.17, 15) is 4.79 Å². The van der Waals surface area contributed by atoms with Crippen LogP contribution < -0.4 is 10.6 Å². The second-order valence-corrected chi connectivity index (χ2v) is 8.35. The van der Waals surface area contributed by atoms with Crippen LogP contribution in [0, 0.1) is 29.1 Å². The Bertz CT molecular complexity index is 678. The molecule has 2 aliphatic rings. The van der Waals surface area contributed by atoms with Gasteiger partial charge in [-0.2, -0.15) is 5.26 Å². The molecular weight excluding hydrogens is 324 g/mol. The summed E-state index contributed by atoms with van der Waals surface area (Å²) in [5.74, 6) is 1.49. The van der Waals surface area contributed by atoms with Crippen LogP contribution in [0.4, 0.5) is 5.69 Å². The lowest BCUT2D eigenvalue weighted by Gasteiger charge is -2.35. The molecule has 0 radical (unpaired) electrons. The molecule has 140 valence electrons. The van der Waals surface area contributed by atoms with Gasteiger partial charge in [0.1, 0.15) is 0 Å². The zero-order valence-electron chi connectivity index (χ0n) is 16.1. The molecule has 1 heterocycles. The highest BCUT2D eigenvalue weighted by Gasteiger charge is 2.45. The Morgan fingerprint density at radius 1 is 1.31 bits per heavy atom. The monoisotopic (exact) mass is 354 g/mol. The highest BCUT2D eigenvalue weighted by atomic mass is 16.1. The number of carbonyl (C=O) groups is 1. The lowest BCUT2D eigenvalue weighted by molar-refractivity contribution is -0.124. The molecule has 1 aromatic carbocycles. The van der Waals surface area contributed by atoms with Crippen molar-refractivity contribution < 1.29 is 4.79 Å². The van der Waals surface area contributed by atoms with Gasteiger partial charge in [0.25, 0.3) is 0 Å². The van der Waals surface area contributed by atoms with Crippen LogP contribution in [-0.4, -0.2) is 43.0 Å². The van der Waals surface area contributed by atoms with Gasteiger partial charge in [-0.15, -0.1) is 0 Å². The van der Waals surface area contributed by atoms with Crippen LogP contribution in [-0.2, 0) is 4.79 Å². The molecule has 1 aliphatic heterocycles. The largest absolute Gasteiger partial charge is 0.371 e. The van der Waals surface area contributed by atoms with Gasteiger partial charge in [-0.1, -0.05) is 13.8 Å². The highest BCUT2D eigenvalue weighted by molar-refractivity contribution is 5.79. The van der Waals surface area contributed by atoms with E-state index in [0.717, 1.165) is 25.9 Å². The van der Waals surface area contributed by atoms with Crippen molar-refractivity contribution >= 4 is 11.6 Å². The molecule has 3 rings (SSSR count). The number of benzene rings is 1. The van der Waals surface area contributed by atoms with E-state index in [0.29, 0.717) is 29.4 Å². The Kier molecular flexibility index (Phi) is 5.52. The number of amides is 1. The van der Waals surface area contributed by atoms with E-state index in [-0.39, 0.29) is 11.9 Å². The van der Waals surface area contributed by atoms with Gasteiger partial charge in [-0.3, -0.25) is 9.69 Å². The van der Waals surface area contributed by atoms with Crippen LogP contribution in [0.15, 0.2) is 24.3 Å². The summed E-state index contributed by atoms with van der Waals surface area (Å²) in [5, 5.41) is 8.97. The van der Waals surface area contributed by atoms with Crippen molar-refractivity contribution in [2.45, 2.75) is 45.2 Å². The number of anilines is 1. The number of nitriles is 1. The average molecular weight is 354 g/mol. The summed E-state index contributed by atoms with van der Waals surface area (Å²) < 4.78 is 0. The molecule has 26 heavy (non-hydrogen) atoms. The Morgan fingerprint density at radius 2 is 2.00 bits per heavy atom. The van der Waals surface area contributed by atoms with E-state index in [1.165, 1.54) is 12.1 Å². The second kappa shape index (κ2) is 7.67. The van der Waals surface area contributed by atoms with Crippen molar-refractivity contribution in [3.05, 3.63) is 29.8 Å². The Hall–Kier alpha value is -2.06. The van der Waals surface area contributed by atoms with Gasteiger partial charge >= 0.3 is 0 Å². The number of rotatable bonds is 6. The van der Waals surface area contributed by atoms with Gasteiger partial charge in [0.05, 0.1) is 17.7 Å². The van der Waals surface area contributed by atoms with E-state index in [2.05, 4.69) is 36.8 Å². The molecule has 4 atom stereocenters. The number of hydrogen-bond acceptors (Lipinski definition) is 4. The van der Waals surface area contributed by atoms with Crippen molar-refractivity contribution in [3.63, 3.8) is 0 Å². The molecule has 0 bridgehead atoms. The Balaban J connectivity index is 1.70. The molecule has 1 amide bonds. The van der Waals surface area contributed by atoms with E-state index in [4.69, 9.17) is 11.0 Å². The van der Waals surface area contributed by atoms with Crippen LogP contribution in [0.3, 0.4) is 0 Å². The van der Waals surface area contributed by atoms with E-state index in [1.54, 1.807) is 0 Å². The summed E-state index contributed by atoms with van der Waals surface area (Å²) in [5.41, 5.74) is 7.61. The Labute approximate surface area is 156 Å². The second-order valence-electron chi connectivity index (χ2n) is 8.35. The molecule has 0 spiro atoms. The molecule has 5 nitrogen and oxygen atoms in total. The molecule has 2 fully saturated rings. The highest BCUT2D eigenvalue weighted by Crippen LogP contribution is 2.42. The van der Waals surface area contributed by atoms with E-state index < -0.39 is 0 Å². The third kappa shape index (κ3) is 3.71. The predicted molar refractivity (Wildman–Crippen MR) is 104 cm³/mol. The number of nitrogens with zero attached hydrogens (tertiary/aromatic N) is 3. The smallest absolute Gasteiger partial charge is 0.234 e. The topological polar surface area (TPSA) is 73.4 Å². The molecule has 1 saturated heterocycles. The van der Waals surface area contributed by atoms with Crippen molar-refractivity contribution in [1.82, 2.24) is 4.90 Å². The maximum atomic E-state index is 12.0. The first-order chi connectivity index (χ1) is 12.4. The summed E-state index contributed by atoms with van der Waals surface area (Å²) in [4.78, 5) is 16.7. The molecule has 5 heteroatoms. The Morgan fingerprint density at radius 3 is 2.58 bits per heavy atom. The summed E-state index contributed by atoms with van der Waals surface area (Å²) in [6.45, 7) is 6.36. The maximum absolute atomic E-state index is 12.0. The fraction of sp³-hybridized carbons (Fsp3) is 0.619. The van der Waals surface area contributed by atoms with Crippen LogP contribution in [0.25, 0.3) is 0 Å². The quantitative estimate of drug-likeness (QED) is 0.852. The summed E-state index contributed by atoms with van der Waals surface area (Å²) in [6.07, 6.45) is 3.17. The minimum Gasteiger partial charge on any atom is -0.371 e. The predicted octanol–water partition coefficient (Wildman–Crippen LogP) is 2.60. The van der Waals surface area contributed by atoms with Crippen LogP contribution in [0.1, 0.15) is 38.7 Å². The number of primary amides is 1. The van der Waals surface area contributed by atoms with Crippen LogP contribution in [0.5, 0.6) is 0 Å². The minimum absolute atomic E-state index is 0.178. The van der Waals surface area contributed by atoms with Gasteiger partial charge < -0.3 is 10.6 Å². The molecular formula is C21H30N4O. The number of fused-ring (bicyclic) bond motifs is 1. The molecule has 1 saturated carbocycles. The first-order valence-electron chi connectivity index (χ1n) is 9.67. The van der Waals surface area contributed by atoms with Crippen molar-refractivity contribution in [1.29, 1.82) is 5.26 Å². The summed E-state index contributed by atoms with van der Waals surface area (Å²) in [6, 6.07) is 10.3. The zero-order chi connectivity index (χ0) is 18.8. The molecule has 2 N–H and O–H groups in total. The summed E-state index contributed by atoms with van der Waals surface area (Å²) >= 11 is 0. The number of hydrogen-bond donors (Lipinski definition) is 1. The zero-order valence-corrected chi connectivity index (χ0v) is 16.1. The van der Waals surface area contributed by atoms with Crippen molar-refractivity contribution in [3.8, 4) is 6.07 Å². The average Bonchev–Trinajstić information content (AvgIpc) is 3.19. The van der Waals surface area contributed by atoms with Crippen molar-refractivity contribution in [2.24, 2.45) is 23.5 Å². The SMILES string of the molecule is CC(C)C[C@@H](C(N)=O)N(C)[C@H]1CC[C@@H]2CN(c3ccc(C#N)cc3)C[C@@H]21. The normalized spacial score (nSPS) is 26.2. The van der Waals surface area contributed by atoms with Gasteiger partial charge in [0.2, 0.25) is 5.91 Å². The third-order valence-corrected chi connectivity index (χ3v) is 6.22. The number of nitrogens with two attached hydrogens (primary N) is 1. The van der Waals surface area contributed by atoms with E-state index >= 15 is 0 Å². The maximum Gasteiger partial charge on any atom is 0.234 e. The molecule has 0 aromatic heterocycles. The lowest BCUT2D eigenvalue weighted by Crippen LogP contribution is -2.50. The van der Waals surface area contributed by atoms with Gasteiger partial charge in [-0.25, -0.2) is 0 Å². The minimum atomic E-state index is -0.202. The lowest BCUT2D eigenvalue weighted by atomic mass is 9.94. The van der Waals surface area contributed by atoms with Crippen molar-refractivity contribution in [2.75, 3.05) is 25.0 Å². The molecule has 1 aromatic rings. The van der Waals surface area contributed by atoms with Crippen LogP contribution >= 0.6 is 0 Å². The summed E-state index contributed by atoms with van der Waals surface area (Å²) in [7, 11) is 2.08. The fourth-order valence-corrected chi connectivity index (χ4v) is 4.86. The molecule has 1 aliphatic carbocycles. The first kappa shape index (κ1) is 18.7. The fourth-order valence-electron chi connectivity index (χ4n) is 4.86. The van der Waals surface area contributed by atoms with Gasteiger partial charge in [-0.05, 0) is 68.3 Å². The third-order valence-electron chi connectivity index (χ3n) is 6.22. The molecule has 0 unspecified atom stereocenters.